The van der Waals surface area contributed by atoms with Crippen molar-refractivity contribution in [1.82, 2.24) is 5.43 Å². The van der Waals surface area contributed by atoms with Gasteiger partial charge in [-0.2, -0.15) is 0 Å². The molecule has 0 aliphatic heterocycles. The minimum atomic E-state index is -0.0987. The summed E-state index contributed by atoms with van der Waals surface area (Å²) in [6.45, 7) is 0.166. The van der Waals surface area contributed by atoms with Crippen molar-refractivity contribution < 1.29 is 9.90 Å². The molecule has 2 atom stereocenters. The summed E-state index contributed by atoms with van der Waals surface area (Å²) in [7, 11) is 0. The second-order valence-electron chi connectivity index (χ2n) is 2.62. The van der Waals surface area contributed by atoms with E-state index in [9.17, 15) is 4.79 Å². The third kappa shape index (κ3) is 1.46. The largest absolute Gasteiger partial charge is 0.396 e. The maximum Gasteiger partial charge on any atom is 0.237 e. The van der Waals surface area contributed by atoms with Crippen molar-refractivity contribution in [2.45, 2.75) is 12.8 Å². The number of hydrogen-bond donors (Lipinski definition) is 3. The molecule has 0 aromatic heterocycles. The average molecular weight is 144 g/mol. The van der Waals surface area contributed by atoms with E-state index in [2.05, 4.69) is 5.43 Å². The minimum absolute atomic E-state index is 0.0668. The number of nitrogens with one attached hydrogen (secondary N) is 1. The molecule has 1 saturated carbocycles. The highest BCUT2D eigenvalue weighted by Gasteiger charge is 2.41. The number of hydrogen-bond acceptors (Lipinski definition) is 3. The number of amides is 1. The van der Waals surface area contributed by atoms with Crippen LogP contribution in [0.1, 0.15) is 12.8 Å². The molecular weight excluding hydrogens is 132 g/mol. The zero-order valence-electron chi connectivity index (χ0n) is 5.71. The third-order valence-corrected chi connectivity index (χ3v) is 1.90. The highest BCUT2D eigenvalue weighted by molar-refractivity contribution is 5.80. The Balaban J connectivity index is 2.18. The maximum absolute atomic E-state index is 10.7. The van der Waals surface area contributed by atoms with E-state index in [0.717, 1.165) is 12.8 Å². The van der Waals surface area contributed by atoms with Crippen molar-refractivity contribution in [1.29, 1.82) is 0 Å². The molecule has 0 spiro atoms. The first-order chi connectivity index (χ1) is 4.79. The summed E-state index contributed by atoms with van der Waals surface area (Å²) in [5.74, 6) is 5.25. The third-order valence-electron chi connectivity index (χ3n) is 1.90. The lowest BCUT2D eigenvalue weighted by Crippen LogP contribution is -2.31. The summed E-state index contributed by atoms with van der Waals surface area (Å²) in [6.07, 6.45) is 1.60. The lowest BCUT2D eigenvalue weighted by Gasteiger charge is -1.95. The lowest BCUT2D eigenvalue weighted by molar-refractivity contribution is -0.122. The molecule has 1 amide bonds. The van der Waals surface area contributed by atoms with E-state index >= 15 is 0 Å². The van der Waals surface area contributed by atoms with Crippen LogP contribution in [0.3, 0.4) is 0 Å². The topological polar surface area (TPSA) is 75.3 Å². The molecule has 0 aromatic rings. The number of nitrogens with two attached hydrogens (primary N) is 1. The molecule has 0 aromatic carbocycles. The van der Waals surface area contributed by atoms with E-state index < -0.39 is 0 Å². The number of rotatable bonds is 3. The quantitative estimate of drug-likeness (QED) is 0.270. The van der Waals surface area contributed by atoms with E-state index in [1.54, 1.807) is 0 Å². The molecule has 1 fully saturated rings. The smallest absolute Gasteiger partial charge is 0.237 e. The van der Waals surface area contributed by atoms with Crippen LogP contribution in [0, 0.1) is 11.8 Å². The fourth-order valence-corrected chi connectivity index (χ4v) is 1.16. The molecule has 0 saturated heterocycles. The van der Waals surface area contributed by atoms with Gasteiger partial charge in [-0.3, -0.25) is 10.2 Å². The number of aliphatic hydroxyl groups is 1. The van der Waals surface area contributed by atoms with E-state index in [0.29, 0.717) is 5.92 Å². The van der Waals surface area contributed by atoms with Gasteiger partial charge in [0.05, 0.1) is 0 Å². The van der Waals surface area contributed by atoms with Gasteiger partial charge in [0, 0.05) is 12.5 Å². The number of aliphatic hydroxyl groups excluding tert-OH is 1. The predicted octanol–water partition coefficient (Wildman–Crippen LogP) is -1.01. The molecule has 4 N–H and O–H groups in total. The van der Waals surface area contributed by atoms with Gasteiger partial charge in [0.1, 0.15) is 0 Å². The van der Waals surface area contributed by atoms with Gasteiger partial charge in [-0.05, 0) is 18.8 Å². The van der Waals surface area contributed by atoms with Gasteiger partial charge in [0.15, 0.2) is 0 Å². The predicted molar refractivity (Wildman–Crippen MR) is 35.6 cm³/mol. The van der Waals surface area contributed by atoms with Crippen LogP contribution in [0.2, 0.25) is 0 Å². The van der Waals surface area contributed by atoms with Crippen molar-refractivity contribution in [3.05, 3.63) is 0 Å². The minimum Gasteiger partial charge on any atom is -0.396 e. The number of carbonyl (C=O) groups is 1. The summed E-state index contributed by atoms with van der Waals surface area (Å²) in [5.41, 5.74) is 2.09. The summed E-state index contributed by atoms with van der Waals surface area (Å²) in [6, 6.07) is 0. The Bertz CT molecular complexity index is 138. The van der Waals surface area contributed by atoms with Gasteiger partial charge in [-0.15, -0.1) is 0 Å². The maximum atomic E-state index is 10.7. The van der Waals surface area contributed by atoms with Crippen LogP contribution in [0.5, 0.6) is 0 Å². The van der Waals surface area contributed by atoms with Gasteiger partial charge in [0.2, 0.25) is 5.91 Å². The Morgan fingerprint density at radius 3 is 3.00 bits per heavy atom. The summed E-state index contributed by atoms with van der Waals surface area (Å²) >= 11 is 0. The Kier molecular flexibility index (Phi) is 2.24. The van der Waals surface area contributed by atoms with Crippen LogP contribution in [-0.4, -0.2) is 17.6 Å². The second kappa shape index (κ2) is 2.98. The molecule has 1 rings (SSSR count). The summed E-state index contributed by atoms with van der Waals surface area (Å²) in [4.78, 5) is 10.7. The highest BCUT2D eigenvalue weighted by atomic mass is 16.3. The molecule has 4 nitrogen and oxygen atoms in total. The van der Waals surface area contributed by atoms with Crippen LogP contribution in [-0.2, 0) is 4.79 Å². The zero-order chi connectivity index (χ0) is 7.56. The van der Waals surface area contributed by atoms with E-state index in [-0.39, 0.29) is 18.4 Å². The Morgan fingerprint density at radius 1 is 1.80 bits per heavy atom. The standard InChI is InChI=1S/C6H12N2O2/c7-8-6(10)5-3-4(5)1-2-9/h4-5,9H,1-3,7H2,(H,8,10). The van der Waals surface area contributed by atoms with Crippen LogP contribution in [0.15, 0.2) is 0 Å². The fourth-order valence-electron chi connectivity index (χ4n) is 1.16. The molecular formula is C6H12N2O2. The fraction of sp³-hybridized carbons (Fsp3) is 0.833. The number of carbonyl (C=O) groups excluding carboxylic acids is 1. The normalized spacial score (nSPS) is 29.8. The summed E-state index contributed by atoms with van der Waals surface area (Å²) in [5, 5.41) is 8.49. The first kappa shape index (κ1) is 7.50. The molecule has 0 bridgehead atoms. The highest BCUT2D eigenvalue weighted by Crippen LogP contribution is 2.40. The van der Waals surface area contributed by atoms with Gasteiger partial charge >= 0.3 is 0 Å². The summed E-state index contributed by atoms with van der Waals surface area (Å²) < 4.78 is 0. The first-order valence-electron chi connectivity index (χ1n) is 3.41. The molecule has 10 heavy (non-hydrogen) atoms. The second-order valence-corrected chi connectivity index (χ2v) is 2.62. The zero-order valence-corrected chi connectivity index (χ0v) is 5.71. The van der Waals surface area contributed by atoms with Gasteiger partial charge < -0.3 is 5.11 Å². The van der Waals surface area contributed by atoms with Crippen molar-refractivity contribution in [2.24, 2.45) is 17.7 Å². The van der Waals surface area contributed by atoms with Crippen molar-refractivity contribution in [3.8, 4) is 0 Å². The monoisotopic (exact) mass is 144 g/mol. The SMILES string of the molecule is NNC(=O)C1CC1CCO. The average Bonchev–Trinajstić information content (AvgIpc) is 2.67. The van der Waals surface area contributed by atoms with Crippen molar-refractivity contribution in [2.75, 3.05) is 6.61 Å². The molecule has 2 unspecified atom stereocenters. The van der Waals surface area contributed by atoms with Crippen molar-refractivity contribution in [3.63, 3.8) is 0 Å². The molecule has 0 radical (unpaired) electrons. The van der Waals surface area contributed by atoms with E-state index in [4.69, 9.17) is 10.9 Å². The Morgan fingerprint density at radius 2 is 2.50 bits per heavy atom. The molecule has 4 heteroatoms. The molecule has 0 heterocycles. The van der Waals surface area contributed by atoms with E-state index in [1.807, 2.05) is 0 Å². The van der Waals surface area contributed by atoms with Crippen LogP contribution in [0.4, 0.5) is 0 Å². The molecule has 1 aliphatic rings. The number of hydrazine groups is 1. The van der Waals surface area contributed by atoms with Gasteiger partial charge in [-0.25, -0.2) is 5.84 Å². The Labute approximate surface area is 59.4 Å². The molecule has 58 valence electrons. The van der Waals surface area contributed by atoms with Crippen LogP contribution >= 0.6 is 0 Å². The van der Waals surface area contributed by atoms with Crippen LogP contribution < -0.4 is 11.3 Å². The van der Waals surface area contributed by atoms with Gasteiger partial charge in [0.25, 0.3) is 0 Å². The van der Waals surface area contributed by atoms with Crippen molar-refractivity contribution >= 4 is 5.91 Å². The lowest BCUT2D eigenvalue weighted by atomic mass is 10.2. The first-order valence-corrected chi connectivity index (χ1v) is 3.41. The van der Waals surface area contributed by atoms with Crippen LogP contribution in [0.25, 0.3) is 0 Å². The van der Waals surface area contributed by atoms with E-state index in [1.165, 1.54) is 0 Å². The van der Waals surface area contributed by atoms with Gasteiger partial charge in [-0.1, -0.05) is 0 Å². The Hall–Kier alpha value is -0.610. The molecule has 1 aliphatic carbocycles.